The Kier molecular flexibility index (Phi) is 17.3. The highest BCUT2D eigenvalue weighted by atomic mass is 16.5. The molecular weight excluding hydrogens is 524 g/mol. The number of esters is 1. The molecule has 1 amide bonds. The molecule has 0 saturated heterocycles. The molecule has 0 radical (unpaired) electrons. The summed E-state index contributed by atoms with van der Waals surface area (Å²) in [6.45, 7) is 13.7. The van der Waals surface area contributed by atoms with E-state index in [1.54, 1.807) is 27.1 Å². The van der Waals surface area contributed by atoms with Gasteiger partial charge in [0.1, 0.15) is 18.9 Å². The third-order valence-corrected chi connectivity index (χ3v) is 6.09. The van der Waals surface area contributed by atoms with Crippen LogP contribution < -0.4 is 5.32 Å². The molecule has 6 heteroatoms. The zero-order chi connectivity index (χ0) is 31.3. The predicted molar refractivity (Wildman–Crippen MR) is 176 cm³/mol. The number of rotatable bonds is 10. The molecule has 6 nitrogen and oxygen atoms in total. The van der Waals surface area contributed by atoms with Crippen LogP contribution in [0.1, 0.15) is 65.2 Å². The molecular formula is C36H46N2O4. The van der Waals surface area contributed by atoms with E-state index in [0.717, 1.165) is 33.4 Å². The van der Waals surface area contributed by atoms with E-state index in [1.807, 2.05) is 88.4 Å². The van der Waals surface area contributed by atoms with E-state index in [-0.39, 0.29) is 19.1 Å². The van der Waals surface area contributed by atoms with Crippen LogP contribution in [0, 0.1) is 0 Å². The summed E-state index contributed by atoms with van der Waals surface area (Å²) in [6.07, 6.45) is 3.80. The van der Waals surface area contributed by atoms with Crippen molar-refractivity contribution in [3.05, 3.63) is 107 Å². The molecule has 0 unspecified atom stereocenters. The van der Waals surface area contributed by atoms with Gasteiger partial charge in [-0.2, -0.15) is 0 Å². The van der Waals surface area contributed by atoms with Crippen LogP contribution in [0.5, 0.6) is 0 Å². The predicted octanol–water partition coefficient (Wildman–Crippen LogP) is 8.14. The minimum absolute atomic E-state index is 0.208. The van der Waals surface area contributed by atoms with Crippen molar-refractivity contribution < 1.29 is 19.1 Å². The minimum atomic E-state index is -0.484. The lowest BCUT2D eigenvalue weighted by Gasteiger charge is -2.21. The number of allylic oxidation sites excluding steroid dienone is 2. The third-order valence-electron chi connectivity index (χ3n) is 6.09. The van der Waals surface area contributed by atoms with Gasteiger partial charge in [-0.15, -0.1) is 0 Å². The summed E-state index contributed by atoms with van der Waals surface area (Å²) in [6, 6.07) is 26.0. The summed E-state index contributed by atoms with van der Waals surface area (Å²) in [7, 11) is 1.75. The molecule has 0 saturated carbocycles. The Hall–Kier alpha value is -4.45. The first-order valence-corrected chi connectivity index (χ1v) is 14.4. The van der Waals surface area contributed by atoms with Crippen LogP contribution in [0.15, 0.2) is 95.5 Å². The van der Waals surface area contributed by atoms with Crippen molar-refractivity contribution in [2.75, 3.05) is 20.2 Å². The topological polar surface area (TPSA) is 77.0 Å². The number of nitrogens with zero attached hydrogens (tertiary/aromatic N) is 1. The SMILES string of the molecule is C/C=C(/C)c1c(/C(OCc2ccccc2)=C(\C)C(=O)NCC(=O)OCC)cccc1-c1ccccc1.CC.CC=NC. The Bertz CT molecular complexity index is 1320. The maximum Gasteiger partial charge on any atom is 0.325 e. The van der Waals surface area contributed by atoms with E-state index >= 15 is 0 Å². The number of ether oxygens (including phenoxy) is 2. The molecule has 3 aromatic rings. The Morgan fingerprint density at radius 3 is 2.00 bits per heavy atom. The maximum atomic E-state index is 13.1. The normalized spacial score (nSPS) is 11.3. The fraction of sp³-hybridized carbons (Fsp3) is 0.306. The average molecular weight is 571 g/mol. The molecule has 3 aromatic carbocycles. The number of carbonyl (C=O) groups is 2. The van der Waals surface area contributed by atoms with Crippen LogP contribution in [0.25, 0.3) is 22.5 Å². The molecule has 0 aliphatic rings. The lowest BCUT2D eigenvalue weighted by molar-refractivity contribution is -0.143. The number of hydrogen-bond donors (Lipinski definition) is 1. The molecule has 0 fully saturated rings. The molecule has 0 spiro atoms. The van der Waals surface area contributed by atoms with E-state index < -0.39 is 5.97 Å². The summed E-state index contributed by atoms with van der Waals surface area (Å²) in [4.78, 5) is 28.5. The van der Waals surface area contributed by atoms with Gasteiger partial charge in [0.05, 0.1) is 12.2 Å². The van der Waals surface area contributed by atoms with Crippen LogP contribution >= 0.6 is 0 Å². The van der Waals surface area contributed by atoms with E-state index in [4.69, 9.17) is 9.47 Å². The van der Waals surface area contributed by atoms with Gasteiger partial charge in [0, 0.05) is 12.6 Å². The van der Waals surface area contributed by atoms with Gasteiger partial charge in [-0.1, -0.05) is 98.8 Å². The van der Waals surface area contributed by atoms with Crippen molar-refractivity contribution >= 4 is 29.4 Å². The summed E-state index contributed by atoms with van der Waals surface area (Å²) in [5, 5.41) is 2.66. The van der Waals surface area contributed by atoms with E-state index in [9.17, 15) is 9.59 Å². The summed E-state index contributed by atoms with van der Waals surface area (Å²) >= 11 is 0. The largest absolute Gasteiger partial charge is 0.488 e. The van der Waals surface area contributed by atoms with Crippen molar-refractivity contribution in [1.82, 2.24) is 5.32 Å². The molecule has 42 heavy (non-hydrogen) atoms. The number of hydrogen-bond acceptors (Lipinski definition) is 5. The highest BCUT2D eigenvalue weighted by Crippen LogP contribution is 2.36. The molecule has 0 aliphatic carbocycles. The first kappa shape index (κ1) is 35.6. The molecule has 0 aliphatic heterocycles. The van der Waals surface area contributed by atoms with Gasteiger partial charge in [-0.25, -0.2) is 0 Å². The van der Waals surface area contributed by atoms with Crippen molar-refractivity contribution in [1.29, 1.82) is 0 Å². The first-order chi connectivity index (χ1) is 20.4. The smallest absolute Gasteiger partial charge is 0.325 e. The van der Waals surface area contributed by atoms with Gasteiger partial charge >= 0.3 is 5.97 Å². The fourth-order valence-corrected chi connectivity index (χ4v) is 3.89. The Morgan fingerprint density at radius 2 is 1.45 bits per heavy atom. The molecule has 0 heterocycles. The molecule has 1 N–H and O–H groups in total. The standard InChI is InChI=1S/C31H33NO4.C3H7N.C2H6/c1-5-22(3)29-26(25-16-11-8-12-17-25)18-13-19-27(29)30(36-21-24-14-9-7-10-15-24)23(4)31(34)32-20-28(33)35-6-2;1-3-4-2;1-2/h5,7-19H,6,20-21H2,1-4H3,(H,32,34);3H,1-2H3;1-2H3/b22-5-,30-23-;;. The Balaban J connectivity index is 0.00000135. The van der Waals surface area contributed by atoms with Crippen LogP contribution in [0.4, 0.5) is 0 Å². The van der Waals surface area contributed by atoms with Gasteiger partial charge in [-0.3, -0.25) is 9.59 Å². The monoisotopic (exact) mass is 570 g/mol. The maximum absolute atomic E-state index is 13.1. The van der Waals surface area contributed by atoms with Crippen LogP contribution in [-0.4, -0.2) is 38.3 Å². The average Bonchev–Trinajstić information content (AvgIpc) is 3.05. The summed E-state index contributed by atoms with van der Waals surface area (Å²) in [5.74, 6) is -0.406. The van der Waals surface area contributed by atoms with Gasteiger partial charge in [0.25, 0.3) is 5.91 Å². The number of amides is 1. The van der Waals surface area contributed by atoms with Crippen molar-refractivity contribution in [2.24, 2.45) is 4.99 Å². The molecule has 224 valence electrons. The second-order valence-corrected chi connectivity index (χ2v) is 8.80. The van der Waals surface area contributed by atoms with Gasteiger partial charge in [0.2, 0.25) is 0 Å². The lowest BCUT2D eigenvalue weighted by atomic mass is 9.89. The highest BCUT2D eigenvalue weighted by Gasteiger charge is 2.21. The lowest BCUT2D eigenvalue weighted by Crippen LogP contribution is -2.31. The number of carbonyl (C=O) groups excluding carboxylic acids is 2. The van der Waals surface area contributed by atoms with E-state index in [1.165, 1.54) is 0 Å². The zero-order valence-corrected chi connectivity index (χ0v) is 26.4. The molecule has 0 bridgehead atoms. The fourth-order valence-electron chi connectivity index (χ4n) is 3.89. The highest BCUT2D eigenvalue weighted by molar-refractivity contribution is 6.02. The zero-order valence-electron chi connectivity index (χ0n) is 26.4. The number of aliphatic imine (C=N–C) groups is 1. The van der Waals surface area contributed by atoms with Crippen molar-refractivity contribution in [3.63, 3.8) is 0 Å². The Labute approximate surface area is 252 Å². The quantitative estimate of drug-likeness (QED) is 0.116. The van der Waals surface area contributed by atoms with E-state index in [0.29, 0.717) is 17.9 Å². The van der Waals surface area contributed by atoms with E-state index in [2.05, 4.69) is 41.5 Å². The minimum Gasteiger partial charge on any atom is -0.488 e. The number of benzene rings is 3. The van der Waals surface area contributed by atoms with Gasteiger partial charge in [0.15, 0.2) is 0 Å². The van der Waals surface area contributed by atoms with Crippen molar-refractivity contribution in [2.45, 2.75) is 55.1 Å². The first-order valence-electron chi connectivity index (χ1n) is 14.4. The molecule has 3 rings (SSSR count). The number of nitrogens with one attached hydrogen (secondary N) is 1. The second-order valence-electron chi connectivity index (χ2n) is 8.80. The Morgan fingerprint density at radius 1 is 0.857 bits per heavy atom. The van der Waals surface area contributed by atoms with Crippen LogP contribution in [0.3, 0.4) is 0 Å². The third kappa shape index (κ3) is 11.2. The van der Waals surface area contributed by atoms with Crippen LogP contribution in [-0.2, 0) is 25.7 Å². The van der Waals surface area contributed by atoms with Gasteiger partial charge in [-0.05, 0) is 68.7 Å². The summed E-state index contributed by atoms with van der Waals surface area (Å²) in [5.41, 5.74) is 6.35. The second kappa shape index (κ2) is 20.4. The summed E-state index contributed by atoms with van der Waals surface area (Å²) < 4.78 is 11.3. The molecule has 0 aromatic heterocycles. The van der Waals surface area contributed by atoms with Crippen molar-refractivity contribution in [3.8, 4) is 11.1 Å². The van der Waals surface area contributed by atoms with Gasteiger partial charge < -0.3 is 19.8 Å². The van der Waals surface area contributed by atoms with Crippen LogP contribution in [0.2, 0.25) is 0 Å². The molecule has 0 atom stereocenters.